The molecule has 0 spiro atoms. The number of H-pyrrole nitrogens is 1. The Bertz CT molecular complexity index is 527. The summed E-state index contributed by atoms with van der Waals surface area (Å²) in [6.07, 6.45) is 0. The van der Waals surface area contributed by atoms with Crippen LogP contribution in [0.2, 0.25) is 0 Å². The molecule has 0 unspecified atom stereocenters. The van der Waals surface area contributed by atoms with E-state index >= 15 is 0 Å². The third-order valence-electron chi connectivity index (χ3n) is 2.32. The number of imidazole rings is 1. The van der Waals surface area contributed by atoms with Gasteiger partial charge in [-0.25, -0.2) is 4.79 Å². The Balaban J connectivity index is 2.72. The van der Waals surface area contributed by atoms with Gasteiger partial charge in [-0.1, -0.05) is 6.07 Å². The van der Waals surface area contributed by atoms with Gasteiger partial charge in [-0.3, -0.25) is 4.57 Å². The van der Waals surface area contributed by atoms with Crippen molar-refractivity contribution in [1.82, 2.24) is 9.55 Å². The highest BCUT2D eigenvalue weighted by molar-refractivity contribution is 5.81. The molecular formula is C10H12N2O3. The predicted molar refractivity (Wildman–Crippen MR) is 56.2 cm³/mol. The lowest BCUT2D eigenvalue weighted by Gasteiger charge is -2.02. The Morgan fingerprint density at radius 3 is 3.00 bits per heavy atom. The maximum absolute atomic E-state index is 11.5. The first-order valence-electron chi connectivity index (χ1n) is 4.64. The third-order valence-corrected chi connectivity index (χ3v) is 2.32. The number of aliphatic hydroxyl groups excluding tert-OH is 1. The normalized spacial score (nSPS) is 10.8. The standard InChI is InChI=1S/C10H12N2O3/c1-15-8-4-2-3-7-9(8)11-10(14)12(7)5-6-13/h2-4,13H,5-6H2,1H3,(H,11,14). The minimum atomic E-state index is -0.233. The summed E-state index contributed by atoms with van der Waals surface area (Å²) in [7, 11) is 1.55. The lowest BCUT2D eigenvalue weighted by atomic mass is 10.3. The minimum Gasteiger partial charge on any atom is -0.494 e. The fourth-order valence-electron chi connectivity index (χ4n) is 1.65. The van der Waals surface area contributed by atoms with Gasteiger partial charge in [0.2, 0.25) is 0 Å². The molecule has 0 bridgehead atoms. The average Bonchev–Trinajstić information content (AvgIpc) is 2.56. The van der Waals surface area contributed by atoms with Crippen molar-refractivity contribution in [2.45, 2.75) is 6.54 Å². The van der Waals surface area contributed by atoms with E-state index in [0.29, 0.717) is 11.3 Å². The van der Waals surface area contributed by atoms with Crippen LogP contribution in [0.1, 0.15) is 0 Å². The fourth-order valence-corrected chi connectivity index (χ4v) is 1.65. The van der Waals surface area contributed by atoms with Crippen molar-refractivity contribution in [1.29, 1.82) is 0 Å². The first kappa shape index (κ1) is 9.79. The van der Waals surface area contributed by atoms with Crippen molar-refractivity contribution < 1.29 is 9.84 Å². The Morgan fingerprint density at radius 2 is 2.33 bits per heavy atom. The molecule has 0 saturated carbocycles. The summed E-state index contributed by atoms with van der Waals surface area (Å²) in [6, 6.07) is 5.40. The number of benzene rings is 1. The summed E-state index contributed by atoms with van der Waals surface area (Å²) < 4.78 is 6.61. The molecule has 0 saturated heterocycles. The molecule has 5 nitrogen and oxygen atoms in total. The number of nitrogens with zero attached hydrogens (tertiary/aromatic N) is 1. The number of nitrogens with one attached hydrogen (secondary N) is 1. The van der Waals surface area contributed by atoms with Crippen LogP contribution in [0, 0.1) is 0 Å². The number of ether oxygens (including phenoxy) is 1. The monoisotopic (exact) mass is 208 g/mol. The highest BCUT2D eigenvalue weighted by Crippen LogP contribution is 2.21. The average molecular weight is 208 g/mol. The maximum Gasteiger partial charge on any atom is 0.326 e. The zero-order valence-electron chi connectivity index (χ0n) is 8.36. The summed E-state index contributed by atoms with van der Waals surface area (Å²) in [6.45, 7) is 0.218. The molecule has 2 rings (SSSR count). The van der Waals surface area contributed by atoms with Gasteiger partial charge in [-0.2, -0.15) is 0 Å². The summed E-state index contributed by atoms with van der Waals surface area (Å²) in [5, 5.41) is 8.84. The van der Waals surface area contributed by atoms with Crippen molar-refractivity contribution in [2.24, 2.45) is 0 Å². The molecule has 0 aliphatic carbocycles. The van der Waals surface area contributed by atoms with Crippen LogP contribution in [0.3, 0.4) is 0 Å². The van der Waals surface area contributed by atoms with Crippen LogP contribution < -0.4 is 10.4 Å². The van der Waals surface area contributed by atoms with Crippen LogP contribution in [0.25, 0.3) is 11.0 Å². The second kappa shape index (κ2) is 3.78. The molecule has 0 radical (unpaired) electrons. The van der Waals surface area contributed by atoms with Crippen LogP contribution in [-0.2, 0) is 6.54 Å². The van der Waals surface area contributed by atoms with E-state index in [2.05, 4.69) is 4.98 Å². The molecule has 5 heteroatoms. The molecule has 0 aliphatic heterocycles. The number of methoxy groups -OCH3 is 1. The van der Waals surface area contributed by atoms with Gasteiger partial charge >= 0.3 is 5.69 Å². The zero-order chi connectivity index (χ0) is 10.8. The van der Waals surface area contributed by atoms with Gasteiger partial charge in [0.25, 0.3) is 0 Å². The van der Waals surface area contributed by atoms with Gasteiger partial charge in [0.15, 0.2) is 0 Å². The van der Waals surface area contributed by atoms with E-state index < -0.39 is 0 Å². The summed E-state index contributed by atoms with van der Waals surface area (Å²) >= 11 is 0. The van der Waals surface area contributed by atoms with Gasteiger partial charge in [-0.15, -0.1) is 0 Å². The molecule has 0 aliphatic rings. The number of aromatic amines is 1. The second-order valence-electron chi connectivity index (χ2n) is 3.16. The van der Waals surface area contributed by atoms with Crippen molar-refractivity contribution >= 4 is 11.0 Å². The number of rotatable bonds is 3. The van der Waals surface area contributed by atoms with Crippen LogP contribution in [0.15, 0.2) is 23.0 Å². The van der Waals surface area contributed by atoms with Crippen molar-refractivity contribution in [2.75, 3.05) is 13.7 Å². The van der Waals surface area contributed by atoms with Crippen LogP contribution >= 0.6 is 0 Å². The Kier molecular flexibility index (Phi) is 2.47. The third kappa shape index (κ3) is 1.50. The summed E-state index contributed by atoms with van der Waals surface area (Å²) in [4.78, 5) is 14.2. The second-order valence-corrected chi connectivity index (χ2v) is 3.16. The molecule has 2 N–H and O–H groups in total. The molecule has 80 valence electrons. The Morgan fingerprint density at radius 1 is 1.53 bits per heavy atom. The van der Waals surface area contributed by atoms with Gasteiger partial charge < -0.3 is 14.8 Å². The van der Waals surface area contributed by atoms with E-state index in [0.717, 1.165) is 5.52 Å². The number of aromatic nitrogens is 2. The number of aliphatic hydroxyl groups is 1. The van der Waals surface area contributed by atoms with Crippen molar-refractivity contribution in [3.63, 3.8) is 0 Å². The van der Waals surface area contributed by atoms with E-state index in [4.69, 9.17) is 9.84 Å². The Hall–Kier alpha value is -1.75. The van der Waals surface area contributed by atoms with Crippen molar-refractivity contribution in [3.05, 3.63) is 28.7 Å². The number of para-hydroxylation sites is 1. The molecule has 0 atom stereocenters. The molecule has 1 heterocycles. The van der Waals surface area contributed by atoms with Gasteiger partial charge in [0, 0.05) is 0 Å². The number of hydrogen-bond donors (Lipinski definition) is 2. The molecular weight excluding hydrogens is 196 g/mol. The number of hydrogen-bond acceptors (Lipinski definition) is 3. The lowest BCUT2D eigenvalue weighted by Crippen LogP contribution is -2.18. The minimum absolute atomic E-state index is 0.0654. The topological polar surface area (TPSA) is 67.2 Å². The maximum atomic E-state index is 11.5. The molecule has 0 fully saturated rings. The Labute approximate surface area is 85.9 Å². The molecule has 15 heavy (non-hydrogen) atoms. The molecule has 2 aromatic rings. The highest BCUT2D eigenvalue weighted by Gasteiger charge is 2.09. The summed E-state index contributed by atoms with van der Waals surface area (Å²) in [5.74, 6) is 0.626. The lowest BCUT2D eigenvalue weighted by molar-refractivity contribution is 0.276. The number of fused-ring (bicyclic) bond motifs is 1. The quantitative estimate of drug-likeness (QED) is 0.763. The zero-order valence-corrected chi connectivity index (χ0v) is 8.36. The molecule has 1 aromatic carbocycles. The van der Waals surface area contributed by atoms with Gasteiger partial charge in [0.05, 0.1) is 25.8 Å². The smallest absolute Gasteiger partial charge is 0.326 e. The molecule has 0 amide bonds. The van der Waals surface area contributed by atoms with E-state index in [-0.39, 0.29) is 18.8 Å². The SMILES string of the molecule is COc1cccc2c1[nH]c(=O)n2CCO. The van der Waals surface area contributed by atoms with E-state index in [1.165, 1.54) is 4.57 Å². The highest BCUT2D eigenvalue weighted by atomic mass is 16.5. The summed E-state index contributed by atoms with van der Waals surface area (Å²) in [5.41, 5.74) is 1.18. The van der Waals surface area contributed by atoms with Crippen LogP contribution in [0.5, 0.6) is 5.75 Å². The molecule has 1 aromatic heterocycles. The van der Waals surface area contributed by atoms with E-state index in [1.54, 1.807) is 13.2 Å². The van der Waals surface area contributed by atoms with Crippen molar-refractivity contribution in [3.8, 4) is 5.75 Å². The van der Waals surface area contributed by atoms with Crippen LogP contribution in [0.4, 0.5) is 0 Å². The van der Waals surface area contributed by atoms with Gasteiger partial charge in [0.1, 0.15) is 11.3 Å². The first-order valence-corrected chi connectivity index (χ1v) is 4.64. The van der Waals surface area contributed by atoms with Gasteiger partial charge in [-0.05, 0) is 12.1 Å². The first-order chi connectivity index (χ1) is 7.27. The van der Waals surface area contributed by atoms with E-state index in [1.807, 2.05) is 12.1 Å². The predicted octanol–water partition coefficient (Wildman–Crippen LogP) is 0.330. The fraction of sp³-hybridized carbons (Fsp3) is 0.300. The van der Waals surface area contributed by atoms with E-state index in [9.17, 15) is 4.79 Å². The van der Waals surface area contributed by atoms with Crippen LogP contribution in [-0.4, -0.2) is 28.4 Å². The largest absolute Gasteiger partial charge is 0.494 e.